The van der Waals surface area contributed by atoms with Crippen molar-refractivity contribution in [3.8, 4) is 0 Å². The van der Waals surface area contributed by atoms with Crippen molar-refractivity contribution in [2.75, 3.05) is 12.4 Å². The topological polar surface area (TPSA) is 61.4 Å². The van der Waals surface area contributed by atoms with Crippen molar-refractivity contribution in [3.63, 3.8) is 0 Å². The fourth-order valence-corrected chi connectivity index (χ4v) is 4.70. The minimum absolute atomic E-state index is 0.0163. The van der Waals surface area contributed by atoms with Gasteiger partial charge in [-0.15, -0.1) is 11.8 Å². The van der Waals surface area contributed by atoms with E-state index in [1.54, 1.807) is 6.07 Å². The summed E-state index contributed by atoms with van der Waals surface area (Å²) in [6.07, 6.45) is 3.60. The second-order valence-electron chi connectivity index (χ2n) is 6.72. The Hall–Kier alpha value is -1.27. The van der Waals surface area contributed by atoms with Crippen molar-refractivity contribution >= 4 is 17.8 Å². The van der Waals surface area contributed by atoms with E-state index < -0.39 is 0 Å². The molecule has 0 saturated heterocycles. The van der Waals surface area contributed by atoms with Gasteiger partial charge in [0.2, 0.25) is 0 Å². The van der Waals surface area contributed by atoms with Crippen LogP contribution < -0.4 is 10.6 Å². The van der Waals surface area contributed by atoms with E-state index in [9.17, 15) is 14.3 Å². The van der Waals surface area contributed by atoms with Gasteiger partial charge in [0.25, 0.3) is 0 Å². The average molecular weight is 338 g/mol. The van der Waals surface area contributed by atoms with E-state index in [1.807, 2.05) is 13.0 Å². The maximum Gasteiger partial charge on any atom is 0.315 e. The van der Waals surface area contributed by atoms with Crippen molar-refractivity contribution in [3.05, 3.63) is 29.6 Å². The molecule has 126 valence electrons. The lowest BCUT2D eigenvalue weighted by atomic mass is 9.86. The molecule has 3 N–H and O–H groups in total. The van der Waals surface area contributed by atoms with Crippen LogP contribution in [0.4, 0.5) is 9.18 Å². The first-order valence-electron chi connectivity index (χ1n) is 8.12. The third-order valence-corrected chi connectivity index (χ3v) is 6.24. The molecular formula is C17H23FN2O2S. The smallest absolute Gasteiger partial charge is 0.315 e. The number of hydrogen-bond donors (Lipinski definition) is 3. The highest BCUT2D eigenvalue weighted by Crippen LogP contribution is 2.39. The summed E-state index contributed by atoms with van der Waals surface area (Å²) < 4.78 is 13.9. The van der Waals surface area contributed by atoms with Crippen LogP contribution in [0.1, 0.15) is 44.2 Å². The highest BCUT2D eigenvalue weighted by molar-refractivity contribution is 7.99. The molecule has 3 rings (SSSR count). The lowest BCUT2D eigenvalue weighted by molar-refractivity contribution is 0.120. The monoisotopic (exact) mass is 338 g/mol. The van der Waals surface area contributed by atoms with Gasteiger partial charge in [0.05, 0.1) is 12.6 Å². The van der Waals surface area contributed by atoms with Crippen molar-refractivity contribution in [2.24, 2.45) is 5.41 Å². The largest absolute Gasteiger partial charge is 0.396 e. The van der Waals surface area contributed by atoms with Gasteiger partial charge in [-0.25, -0.2) is 9.18 Å². The molecule has 1 aromatic carbocycles. The van der Waals surface area contributed by atoms with Gasteiger partial charge in [0, 0.05) is 22.1 Å². The Bertz CT molecular complexity index is 598. The molecule has 1 aliphatic heterocycles. The number of fused-ring (bicyclic) bond motifs is 1. The zero-order valence-corrected chi connectivity index (χ0v) is 14.1. The summed E-state index contributed by atoms with van der Waals surface area (Å²) in [5.41, 5.74) is 0.608. The summed E-state index contributed by atoms with van der Waals surface area (Å²) in [4.78, 5) is 13.0. The van der Waals surface area contributed by atoms with Crippen LogP contribution in [0.25, 0.3) is 0 Å². The Morgan fingerprint density at radius 2 is 2.26 bits per heavy atom. The van der Waals surface area contributed by atoms with Gasteiger partial charge in [-0.2, -0.15) is 0 Å². The van der Waals surface area contributed by atoms with E-state index in [0.29, 0.717) is 4.90 Å². The van der Waals surface area contributed by atoms with Crippen molar-refractivity contribution < 1.29 is 14.3 Å². The predicted octanol–water partition coefficient (Wildman–Crippen LogP) is 3.21. The van der Waals surface area contributed by atoms with E-state index in [1.165, 1.54) is 17.8 Å². The predicted molar refractivity (Wildman–Crippen MR) is 89.0 cm³/mol. The molecule has 0 bridgehead atoms. The average Bonchev–Trinajstić information content (AvgIpc) is 2.90. The van der Waals surface area contributed by atoms with E-state index >= 15 is 0 Å². The summed E-state index contributed by atoms with van der Waals surface area (Å²) in [6, 6.07) is 4.61. The number of rotatable bonds is 3. The molecule has 0 aromatic heterocycles. The van der Waals surface area contributed by atoms with Gasteiger partial charge < -0.3 is 15.7 Å². The minimum atomic E-state index is -0.246. The number of benzene rings is 1. The van der Waals surface area contributed by atoms with Crippen LogP contribution in [0.15, 0.2) is 23.1 Å². The van der Waals surface area contributed by atoms with Gasteiger partial charge in [0.15, 0.2) is 0 Å². The highest BCUT2D eigenvalue weighted by Gasteiger charge is 2.39. The first-order valence-corrected chi connectivity index (χ1v) is 9.11. The Morgan fingerprint density at radius 3 is 3.04 bits per heavy atom. The lowest BCUT2D eigenvalue weighted by Gasteiger charge is -2.32. The Balaban J connectivity index is 1.67. The molecular weight excluding hydrogens is 315 g/mol. The molecule has 1 aromatic rings. The van der Waals surface area contributed by atoms with E-state index in [0.717, 1.165) is 37.0 Å². The number of nitrogens with one attached hydrogen (secondary N) is 2. The molecule has 0 radical (unpaired) electrons. The van der Waals surface area contributed by atoms with Crippen LogP contribution in [0, 0.1) is 11.2 Å². The number of carbonyl (C=O) groups is 1. The number of carbonyl (C=O) groups excluding carboxylic acids is 1. The highest BCUT2D eigenvalue weighted by atomic mass is 32.2. The summed E-state index contributed by atoms with van der Waals surface area (Å²) in [5, 5.41) is 15.6. The number of hydrogen-bond acceptors (Lipinski definition) is 3. The molecule has 1 saturated carbocycles. The molecule has 2 aliphatic rings. The maximum absolute atomic E-state index is 13.9. The van der Waals surface area contributed by atoms with Crippen LogP contribution in [0.2, 0.25) is 0 Å². The molecule has 2 amide bonds. The zero-order valence-electron chi connectivity index (χ0n) is 13.3. The van der Waals surface area contributed by atoms with Crippen LogP contribution in [-0.4, -0.2) is 29.5 Å². The quantitative estimate of drug-likeness (QED) is 0.793. The second-order valence-corrected chi connectivity index (χ2v) is 7.83. The molecule has 3 unspecified atom stereocenters. The maximum atomic E-state index is 13.9. The van der Waals surface area contributed by atoms with E-state index in [-0.39, 0.29) is 36.0 Å². The van der Waals surface area contributed by atoms with Gasteiger partial charge in [-0.1, -0.05) is 25.5 Å². The number of thioether (sulfide) groups is 1. The fourth-order valence-electron chi connectivity index (χ4n) is 3.56. The van der Waals surface area contributed by atoms with Gasteiger partial charge in [0.1, 0.15) is 5.82 Å². The number of aliphatic hydroxyl groups is 1. The third kappa shape index (κ3) is 3.33. The van der Waals surface area contributed by atoms with E-state index in [2.05, 4.69) is 10.6 Å². The number of halogens is 1. The molecule has 3 atom stereocenters. The van der Waals surface area contributed by atoms with Crippen LogP contribution in [0.5, 0.6) is 0 Å². The Labute approximate surface area is 140 Å². The Kier molecular flexibility index (Phi) is 4.82. The SMILES string of the molecule is CC1(CO)CCCC1NC(=O)NC1CCSc2c(F)cccc21. The Morgan fingerprint density at radius 1 is 1.43 bits per heavy atom. The van der Waals surface area contributed by atoms with E-state index in [4.69, 9.17) is 0 Å². The van der Waals surface area contributed by atoms with Gasteiger partial charge in [-0.3, -0.25) is 0 Å². The zero-order chi connectivity index (χ0) is 16.4. The normalized spacial score (nSPS) is 29.9. The number of aliphatic hydroxyl groups excluding tert-OH is 1. The number of amides is 2. The first kappa shape index (κ1) is 16.6. The first-order chi connectivity index (χ1) is 11.0. The van der Waals surface area contributed by atoms with Crippen molar-refractivity contribution in [1.29, 1.82) is 0 Å². The lowest BCUT2D eigenvalue weighted by Crippen LogP contribution is -2.49. The number of urea groups is 1. The summed E-state index contributed by atoms with van der Waals surface area (Å²) in [7, 11) is 0. The van der Waals surface area contributed by atoms with Gasteiger partial charge in [-0.05, 0) is 30.9 Å². The molecule has 23 heavy (non-hydrogen) atoms. The third-order valence-electron chi connectivity index (χ3n) is 5.08. The van der Waals surface area contributed by atoms with Crippen molar-refractivity contribution in [1.82, 2.24) is 10.6 Å². The molecule has 1 heterocycles. The van der Waals surface area contributed by atoms with Crippen molar-refractivity contribution in [2.45, 2.75) is 49.6 Å². The molecule has 6 heteroatoms. The molecule has 4 nitrogen and oxygen atoms in total. The summed E-state index contributed by atoms with van der Waals surface area (Å²) >= 11 is 1.50. The minimum Gasteiger partial charge on any atom is -0.396 e. The molecule has 1 aliphatic carbocycles. The molecule has 1 fully saturated rings. The second kappa shape index (κ2) is 6.69. The standard InChI is InChI=1S/C17H23FN2O2S/c1-17(10-21)8-3-6-14(17)20-16(22)19-13-7-9-23-15-11(13)4-2-5-12(15)18/h2,4-5,13-14,21H,3,6-10H2,1H3,(H2,19,20,22). The van der Waals surface area contributed by atoms with Gasteiger partial charge >= 0.3 is 6.03 Å². The van der Waals surface area contributed by atoms with Crippen LogP contribution >= 0.6 is 11.8 Å². The molecule has 0 spiro atoms. The summed E-state index contributed by atoms with van der Waals surface area (Å²) in [5.74, 6) is 0.569. The fraction of sp³-hybridized carbons (Fsp3) is 0.588. The van der Waals surface area contributed by atoms with Crippen LogP contribution in [-0.2, 0) is 0 Å². The van der Waals surface area contributed by atoms with Crippen LogP contribution in [0.3, 0.4) is 0 Å². The summed E-state index contributed by atoms with van der Waals surface area (Å²) in [6.45, 7) is 2.08.